The molecule has 1 saturated heterocycles. The predicted molar refractivity (Wildman–Crippen MR) is 63.8 cm³/mol. The maximum absolute atomic E-state index is 12.9. The molecule has 1 aromatic carbocycles. The summed E-state index contributed by atoms with van der Waals surface area (Å²) in [4.78, 5) is 13.6. The summed E-state index contributed by atoms with van der Waals surface area (Å²) >= 11 is 0. The molecule has 1 atom stereocenters. The molecule has 4 nitrogen and oxygen atoms in total. The van der Waals surface area contributed by atoms with E-state index in [1.165, 1.54) is 11.0 Å². The molecule has 2 rings (SSSR count). The van der Waals surface area contributed by atoms with Crippen molar-refractivity contribution in [1.29, 1.82) is 0 Å². The SMILES string of the molecule is CC1(O)CCCN(C(=O)c2ccc(F)cc2O)C1. The summed E-state index contributed by atoms with van der Waals surface area (Å²) in [6, 6.07) is 3.31. The number of benzene rings is 1. The molecule has 2 N–H and O–H groups in total. The van der Waals surface area contributed by atoms with Gasteiger partial charge in [-0.05, 0) is 31.9 Å². The Bertz CT molecular complexity index is 473. The van der Waals surface area contributed by atoms with Gasteiger partial charge in [0.25, 0.3) is 5.91 Å². The molecule has 1 aliphatic rings. The summed E-state index contributed by atoms with van der Waals surface area (Å²) in [6.45, 7) is 2.44. The molecule has 98 valence electrons. The largest absolute Gasteiger partial charge is 0.507 e. The van der Waals surface area contributed by atoms with E-state index < -0.39 is 11.4 Å². The van der Waals surface area contributed by atoms with Crippen LogP contribution in [0.4, 0.5) is 4.39 Å². The monoisotopic (exact) mass is 253 g/mol. The predicted octanol–water partition coefficient (Wildman–Crippen LogP) is 1.52. The van der Waals surface area contributed by atoms with Gasteiger partial charge in [0.05, 0.1) is 11.2 Å². The summed E-state index contributed by atoms with van der Waals surface area (Å²) in [7, 11) is 0. The minimum Gasteiger partial charge on any atom is -0.507 e. The van der Waals surface area contributed by atoms with Crippen molar-refractivity contribution in [1.82, 2.24) is 4.90 Å². The number of hydrogen-bond donors (Lipinski definition) is 2. The van der Waals surface area contributed by atoms with Crippen molar-refractivity contribution < 1.29 is 19.4 Å². The van der Waals surface area contributed by atoms with Crippen LogP contribution in [0.1, 0.15) is 30.1 Å². The number of carbonyl (C=O) groups is 1. The Labute approximate surface area is 105 Å². The second-order valence-electron chi connectivity index (χ2n) is 4.99. The normalized spacial score (nSPS) is 24.1. The first-order chi connectivity index (χ1) is 8.39. The van der Waals surface area contributed by atoms with Crippen LogP contribution < -0.4 is 0 Å². The van der Waals surface area contributed by atoms with Crippen LogP contribution in [0.3, 0.4) is 0 Å². The highest BCUT2D eigenvalue weighted by Crippen LogP contribution is 2.25. The van der Waals surface area contributed by atoms with Crippen molar-refractivity contribution >= 4 is 5.91 Å². The third-order valence-electron chi connectivity index (χ3n) is 3.15. The van der Waals surface area contributed by atoms with Crippen LogP contribution in [0, 0.1) is 5.82 Å². The van der Waals surface area contributed by atoms with Gasteiger partial charge in [-0.3, -0.25) is 4.79 Å². The molecule has 18 heavy (non-hydrogen) atoms. The number of phenols is 1. The van der Waals surface area contributed by atoms with E-state index in [-0.39, 0.29) is 23.8 Å². The fraction of sp³-hybridized carbons (Fsp3) is 0.462. The summed E-state index contributed by atoms with van der Waals surface area (Å²) in [5, 5.41) is 19.5. The average Bonchev–Trinajstić information content (AvgIpc) is 2.27. The van der Waals surface area contributed by atoms with Crippen molar-refractivity contribution in [2.24, 2.45) is 0 Å². The van der Waals surface area contributed by atoms with Gasteiger partial charge in [0.1, 0.15) is 11.6 Å². The van der Waals surface area contributed by atoms with E-state index >= 15 is 0 Å². The van der Waals surface area contributed by atoms with Gasteiger partial charge in [-0.25, -0.2) is 4.39 Å². The molecule has 1 heterocycles. The minimum absolute atomic E-state index is 0.0640. The highest BCUT2D eigenvalue weighted by Gasteiger charge is 2.32. The summed E-state index contributed by atoms with van der Waals surface area (Å²) < 4.78 is 12.9. The molecule has 0 aliphatic carbocycles. The molecule has 0 spiro atoms. The Morgan fingerprint density at radius 2 is 2.22 bits per heavy atom. The van der Waals surface area contributed by atoms with E-state index in [1.807, 2.05) is 0 Å². The number of β-amino-alcohol motifs (C(OH)–C–C–N with tert-alkyl or cyclic N) is 1. The standard InChI is InChI=1S/C13H16FNO3/c1-13(18)5-2-6-15(8-13)12(17)10-4-3-9(14)7-11(10)16/h3-4,7,16,18H,2,5-6,8H2,1H3. The number of carbonyl (C=O) groups excluding carboxylic acids is 1. The zero-order valence-corrected chi connectivity index (χ0v) is 10.2. The fourth-order valence-corrected chi connectivity index (χ4v) is 2.25. The third kappa shape index (κ3) is 2.61. The number of phenolic OH excluding ortho intramolecular Hbond substituents is 1. The van der Waals surface area contributed by atoms with Crippen molar-refractivity contribution in [3.8, 4) is 5.75 Å². The lowest BCUT2D eigenvalue weighted by molar-refractivity contribution is -0.0108. The summed E-state index contributed by atoms with van der Waals surface area (Å²) in [5.41, 5.74) is -0.835. The first-order valence-corrected chi connectivity index (χ1v) is 5.89. The number of halogens is 1. The van der Waals surface area contributed by atoms with Gasteiger partial charge in [-0.1, -0.05) is 0 Å². The highest BCUT2D eigenvalue weighted by atomic mass is 19.1. The summed E-state index contributed by atoms with van der Waals surface area (Å²) in [5.74, 6) is -1.34. The highest BCUT2D eigenvalue weighted by molar-refractivity contribution is 5.96. The lowest BCUT2D eigenvalue weighted by Gasteiger charge is -2.36. The number of nitrogens with zero attached hydrogens (tertiary/aromatic N) is 1. The minimum atomic E-state index is -0.899. The maximum Gasteiger partial charge on any atom is 0.257 e. The molecular weight excluding hydrogens is 237 g/mol. The Morgan fingerprint density at radius 3 is 2.83 bits per heavy atom. The van der Waals surface area contributed by atoms with Gasteiger partial charge < -0.3 is 15.1 Å². The van der Waals surface area contributed by atoms with Gasteiger partial charge in [0.2, 0.25) is 0 Å². The third-order valence-corrected chi connectivity index (χ3v) is 3.15. The number of piperidine rings is 1. The van der Waals surface area contributed by atoms with Crippen LogP contribution in [0.25, 0.3) is 0 Å². The first-order valence-electron chi connectivity index (χ1n) is 5.89. The first kappa shape index (κ1) is 12.8. The van der Waals surface area contributed by atoms with Gasteiger partial charge >= 0.3 is 0 Å². The van der Waals surface area contributed by atoms with Crippen LogP contribution in [0.5, 0.6) is 5.75 Å². The molecule has 0 bridgehead atoms. The molecule has 1 amide bonds. The zero-order valence-electron chi connectivity index (χ0n) is 10.2. The van der Waals surface area contributed by atoms with E-state index in [1.54, 1.807) is 6.92 Å². The number of aromatic hydroxyl groups is 1. The smallest absolute Gasteiger partial charge is 0.257 e. The van der Waals surface area contributed by atoms with E-state index in [0.29, 0.717) is 19.4 Å². The van der Waals surface area contributed by atoms with Gasteiger partial charge in [-0.2, -0.15) is 0 Å². The molecule has 0 aromatic heterocycles. The lowest BCUT2D eigenvalue weighted by atomic mass is 9.94. The molecule has 0 radical (unpaired) electrons. The maximum atomic E-state index is 12.9. The molecule has 1 fully saturated rings. The van der Waals surface area contributed by atoms with E-state index in [9.17, 15) is 19.4 Å². The Morgan fingerprint density at radius 1 is 1.50 bits per heavy atom. The Balaban J connectivity index is 2.20. The Kier molecular flexibility index (Phi) is 3.26. The van der Waals surface area contributed by atoms with E-state index in [0.717, 1.165) is 12.1 Å². The average molecular weight is 253 g/mol. The lowest BCUT2D eigenvalue weighted by Crippen LogP contribution is -2.48. The van der Waals surface area contributed by atoms with Gasteiger partial charge in [0, 0.05) is 19.2 Å². The number of amides is 1. The molecule has 1 aromatic rings. The topological polar surface area (TPSA) is 60.8 Å². The summed E-state index contributed by atoms with van der Waals surface area (Å²) in [6.07, 6.45) is 1.35. The number of aliphatic hydroxyl groups is 1. The van der Waals surface area contributed by atoms with Crippen LogP contribution in [-0.4, -0.2) is 39.7 Å². The van der Waals surface area contributed by atoms with Crippen molar-refractivity contribution in [3.63, 3.8) is 0 Å². The molecular formula is C13H16FNO3. The van der Waals surface area contributed by atoms with E-state index in [2.05, 4.69) is 0 Å². The Hall–Kier alpha value is -1.62. The number of likely N-dealkylation sites (tertiary alicyclic amines) is 1. The molecule has 1 aliphatic heterocycles. The second kappa shape index (κ2) is 4.57. The number of rotatable bonds is 1. The second-order valence-corrected chi connectivity index (χ2v) is 4.99. The molecule has 1 unspecified atom stereocenters. The zero-order chi connectivity index (χ0) is 13.3. The van der Waals surface area contributed by atoms with Crippen molar-refractivity contribution in [2.75, 3.05) is 13.1 Å². The van der Waals surface area contributed by atoms with Crippen LogP contribution in [0.2, 0.25) is 0 Å². The van der Waals surface area contributed by atoms with Gasteiger partial charge in [0.15, 0.2) is 0 Å². The van der Waals surface area contributed by atoms with Crippen molar-refractivity contribution in [2.45, 2.75) is 25.4 Å². The van der Waals surface area contributed by atoms with Gasteiger partial charge in [-0.15, -0.1) is 0 Å². The van der Waals surface area contributed by atoms with E-state index in [4.69, 9.17) is 0 Å². The van der Waals surface area contributed by atoms with Crippen LogP contribution in [0.15, 0.2) is 18.2 Å². The number of hydrogen-bond acceptors (Lipinski definition) is 3. The molecule has 5 heteroatoms. The van der Waals surface area contributed by atoms with Crippen LogP contribution in [-0.2, 0) is 0 Å². The molecule has 0 saturated carbocycles. The van der Waals surface area contributed by atoms with Crippen LogP contribution >= 0.6 is 0 Å². The quantitative estimate of drug-likeness (QED) is 0.797. The van der Waals surface area contributed by atoms with Crippen molar-refractivity contribution in [3.05, 3.63) is 29.6 Å². The fourth-order valence-electron chi connectivity index (χ4n) is 2.25.